The maximum absolute atomic E-state index is 13.5. The first-order valence-electron chi connectivity index (χ1n) is 6.28. The minimum absolute atomic E-state index is 0.119. The molecule has 106 valence electrons. The van der Waals surface area contributed by atoms with Crippen LogP contribution < -0.4 is 10.1 Å². The Hall–Kier alpha value is -2.87. The monoisotopic (exact) mass is 284 g/mol. The molecular formula is C16H13FN2O2. The van der Waals surface area contributed by atoms with Crippen molar-refractivity contribution in [2.75, 3.05) is 11.9 Å². The summed E-state index contributed by atoms with van der Waals surface area (Å²) in [5.74, 6) is -0.487. The van der Waals surface area contributed by atoms with Crippen molar-refractivity contribution in [1.82, 2.24) is 0 Å². The van der Waals surface area contributed by atoms with Crippen LogP contribution in [0, 0.1) is 24.1 Å². The van der Waals surface area contributed by atoms with Gasteiger partial charge in [0.15, 0.2) is 6.61 Å². The summed E-state index contributed by atoms with van der Waals surface area (Å²) in [6.07, 6.45) is 0. The fourth-order valence-corrected chi connectivity index (χ4v) is 1.73. The zero-order chi connectivity index (χ0) is 15.2. The first-order valence-corrected chi connectivity index (χ1v) is 6.28. The van der Waals surface area contributed by atoms with E-state index in [2.05, 4.69) is 5.32 Å². The molecule has 21 heavy (non-hydrogen) atoms. The zero-order valence-corrected chi connectivity index (χ0v) is 11.4. The van der Waals surface area contributed by atoms with Gasteiger partial charge in [-0.1, -0.05) is 18.2 Å². The van der Waals surface area contributed by atoms with E-state index in [-0.39, 0.29) is 12.2 Å². The summed E-state index contributed by atoms with van der Waals surface area (Å²) in [6.45, 7) is 1.51. The minimum Gasteiger partial charge on any atom is -0.477 e. The summed E-state index contributed by atoms with van der Waals surface area (Å²) in [6, 6.07) is 12.9. The van der Waals surface area contributed by atoms with Crippen LogP contribution in [0.2, 0.25) is 0 Å². The Morgan fingerprint density at radius 2 is 2.10 bits per heavy atom. The highest BCUT2D eigenvalue weighted by atomic mass is 19.1. The van der Waals surface area contributed by atoms with Crippen LogP contribution in [0.1, 0.15) is 15.9 Å². The Bertz CT molecular complexity index is 708. The van der Waals surface area contributed by atoms with E-state index in [1.165, 1.54) is 6.07 Å². The van der Waals surface area contributed by atoms with Crippen LogP contribution in [-0.2, 0) is 0 Å². The highest BCUT2D eigenvalue weighted by Crippen LogP contribution is 2.24. The van der Waals surface area contributed by atoms with Crippen molar-refractivity contribution in [1.29, 1.82) is 5.26 Å². The van der Waals surface area contributed by atoms with Gasteiger partial charge < -0.3 is 10.1 Å². The molecule has 1 N–H and O–H groups in total. The van der Waals surface area contributed by atoms with E-state index in [1.807, 2.05) is 6.07 Å². The second-order valence-corrected chi connectivity index (χ2v) is 4.36. The molecule has 0 spiro atoms. The fourth-order valence-electron chi connectivity index (χ4n) is 1.73. The van der Waals surface area contributed by atoms with Gasteiger partial charge in [-0.15, -0.1) is 0 Å². The third-order valence-corrected chi connectivity index (χ3v) is 2.86. The van der Waals surface area contributed by atoms with E-state index in [0.29, 0.717) is 17.0 Å². The third-order valence-electron chi connectivity index (χ3n) is 2.86. The van der Waals surface area contributed by atoms with Crippen molar-refractivity contribution in [2.24, 2.45) is 0 Å². The molecule has 1 amide bonds. The Morgan fingerprint density at radius 1 is 1.33 bits per heavy atom. The molecule has 0 radical (unpaired) electrons. The minimum atomic E-state index is -0.443. The smallest absolute Gasteiger partial charge is 0.255 e. The molecule has 0 aliphatic carbocycles. The van der Waals surface area contributed by atoms with Gasteiger partial charge in [0.05, 0.1) is 5.69 Å². The van der Waals surface area contributed by atoms with Gasteiger partial charge in [-0.2, -0.15) is 5.26 Å². The Morgan fingerprint density at radius 3 is 2.81 bits per heavy atom. The lowest BCUT2D eigenvalue weighted by Gasteiger charge is -2.11. The number of rotatable bonds is 4. The number of nitriles is 1. The average Bonchev–Trinajstić information content (AvgIpc) is 2.49. The molecule has 2 aromatic rings. The van der Waals surface area contributed by atoms with Crippen molar-refractivity contribution in [3.63, 3.8) is 0 Å². The van der Waals surface area contributed by atoms with E-state index >= 15 is 0 Å². The quantitative estimate of drug-likeness (QED) is 0.937. The van der Waals surface area contributed by atoms with Crippen LogP contribution in [0.25, 0.3) is 0 Å². The van der Waals surface area contributed by atoms with Gasteiger partial charge in [-0.3, -0.25) is 4.79 Å². The second-order valence-electron chi connectivity index (χ2n) is 4.36. The number of anilines is 1. The van der Waals surface area contributed by atoms with E-state index in [0.717, 1.165) is 0 Å². The van der Waals surface area contributed by atoms with Crippen LogP contribution in [0.4, 0.5) is 10.1 Å². The number of carbonyl (C=O) groups excluding carboxylic acids is 1. The SMILES string of the molecule is Cc1ccc(C(=O)Nc2ccccc2OCC#N)cc1F. The van der Waals surface area contributed by atoms with Crippen molar-refractivity contribution in [3.8, 4) is 11.8 Å². The Labute approximate surface area is 121 Å². The number of para-hydroxylation sites is 2. The van der Waals surface area contributed by atoms with Crippen LogP contribution in [0.15, 0.2) is 42.5 Å². The predicted octanol–water partition coefficient (Wildman–Crippen LogP) is 3.29. The highest BCUT2D eigenvalue weighted by molar-refractivity contribution is 6.05. The van der Waals surface area contributed by atoms with Crippen molar-refractivity contribution < 1.29 is 13.9 Å². The maximum atomic E-state index is 13.5. The van der Waals surface area contributed by atoms with E-state index in [9.17, 15) is 9.18 Å². The number of hydrogen-bond donors (Lipinski definition) is 1. The number of carbonyl (C=O) groups is 1. The summed E-state index contributed by atoms with van der Waals surface area (Å²) >= 11 is 0. The van der Waals surface area contributed by atoms with Gasteiger partial charge in [-0.25, -0.2) is 4.39 Å². The first kappa shape index (κ1) is 14.5. The number of nitrogens with one attached hydrogen (secondary N) is 1. The number of amides is 1. The lowest BCUT2D eigenvalue weighted by Crippen LogP contribution is -2.13. The van der Waals surface area contributed by atoms with Gasteiger partial charge in [0.2, 0.25) is 0 Å². The standard InChI is InChI=1S/C16H13FN2O2/c1-11-6-7-12(10-13(11)17)16(20)19-14-4-2-3-5-15(14)21-9-8-18/h2-7,10H,9H2,1H3,(H,19,20). The normalized spacial score (nSPS) is 9.76. The van der Waals surface area contributed by atoms with Crippen molar-refractivity contribution in [3.05, 3.63) is 59.4 Å². The molecule has 2 aromatic carbocycles. The molecule has 0 atom stereocenters. The molecule has 0 saturated heterocycles. The molecule has 0 heterocycles. The lowest BCUT2D eigenvalue weighted by atomic mass is 10.1. The summed E-state index contributed by atoms with van der Waals surface area (Å²) in [5, 5.41) is 11.2. The molecule has 0 aromatic heterocycles. The van der Waals surface area contributed by atoms with E-state index < -0.39 is 11.7 Å². The average molecular weight is 284 g/mol. The van der Waals surface area contributed by atoms with Gasteiger partial charge in [-0.05, 0) is 36.8 Å². The summed E-state index contributed by atoms with van der Waals surface area (Å²) in [7, 11) is 0. The molecule has 2 rings (SSSR count). The maximum Gasteiger partial charge on any atom is 0.255 e. The van der Waals surface area contributed by atoms with E-state index in [4.69, 9.17) is 10.00 Å². The summed E-state index contributed by atoms with van der Waals surface area (Å²) < 4.78 is 18.7. The Balaban J connectivity index is 2.19. The summed E-state index contributed by atoms with van der Waals surface area (Å²) in [5.41, 5.74) is 1.12. The Kier molecular flexibility index (Phi) is 4.52. The molecule has 0 bridgehead atoms. The molecule has 0 saturated carbocycles. The molecular weight excluding hydrogens is 271 g/mol. The molecule has 0 aliphatic rings. The van der Waals surface area contributed by atoms with Crippen LogP contribution in [-0.4, -0.2) is 12.5 Å². The largest absolute Gasteiger partial charge is 0.477 e. The van der Waals surface area contributed by atoms with Crippen LogP contribution >= 0.6 is 0 Å². The number of aryl methyl sites for hydroxylation is 1. The predicted molar refractivity (Wildman–Crippen MR) is 76.6 cm³/mol. The molecule has 0 unspecified atom stereocenters. The third kappa shape index (κ3) is 3.57. The number of benzene rings is 2. The molecule has 5 heteroatoms. The van der Waals surface area contributed by atoms with Crippen molar-refractivity contribution in [2.45, 2.75) is 6.92 Å². The first-order chi connectivity index (χ1) is 10.1. The molecule has 0 aliphatic heterocycles. The number of hydrogen-bond acceptors (Lipinski definition) is 3. The number of ether oxygens (including phenoxy) is 1. The fraction of sp³-hybridized carbons (Fsp3) is 0.125. The van der Waals surface area contributed by atoms with Gasteiger partial charge in [0, 0.05) is 5.56 Å². The molecule has 0 fully saturated rings. The second kappa shape index (κ2) is 6.53. The van der Waals surface area contributed by atoms with E-state index in [1.54, 1.807) is 43.3 Å². The molecule has 4 nitrogen and oxygen atoms in total. The van der Waals surface area contributed by atoms with Gasteiger partial charge in [0.1, 0.15) is 17.6 Å². The highest BCUT2D eigenvalue weighted by Gasteiger charge is 2.11. The van der Waals surface area contributed by atoms with Gasteiger partial charge in [0.25, 0.3) is 5.91 Å². The lowest BCUT2D eigenvalue weighted by molar-refractivity contribution is 0.102. The summed E-state index contributed by atoms with van der Waals surface area (Å²) in [4.78, 5) is 12.1. The van der Waals surface area contributed by atoms with Crippen molar-refractivity contribution >= 4 is 11.6 Å². The van der Waals surface area contributed by atoms with Crippen LogP contribution in [0.5, 0.6) is 5.75 Å². The topological polar surface area (TPSA) is 62.1 Å². The van der Waals surface area contributed by atoms with Crippen LogP contribution in [0.3, 0.4) is 0 Å². The zero-order valence-electron chi connectivity index (χ0n) is 11.4. The number of nitrogens with zero attached hydrogens (tertiary/aromatic N) is 1. The number of halogens is 1. The van der Waals surface area contributed by atoms with Gasteiger partial charge >= 0.3 is 0 Å².